The molecule has 0 saturated heterocycles. The second-order valence-corrected chi connectivity index (χ2v) is 6.21. The number of benzene rings is 1. The number of carbonyl (C=O) groups is 1. The first-order valence-corrected chi connectivity index (χ1v) is 8.65. The molecule has 4 rings (SSSR count). The number of aryl methyl sites for hydroxylation is 1. The summed E-state index contributed by atoms with van der Waals surface area (Å²) in [6.45, 7) is 1.75. The van der Waals surface area contributed by atoms with Crippen LogP contribution in [0.4, 0.5) is 0 Å². The Bertz CT molecular complexity index is 1160. The van der Waals surface area contributed by atoms with Gasteiger partial charge in [0.05, 0.1) is 24.5 Å². The maximum atomic E-state index is 13.0. The third-order valence-electron chi connectivity index (χ3n) is 4.14. The van der Waals surface area contributed by atoms with Gasteiger partial charge in [-0.05, 0) is 43.3 Å². The van der Waals surface area contributed by atoms with Crippen molar-refractivity contribution in [3.63, 3.8) is 0 Å². The molecule has 0 radical (unpaired) electrons. The Morgan fingerprint density at radius 3 is 2.68 bits per heavy atom. The lowest BCUT2D eigenvalue weighted by atomic mass is 10.1. The lowest BCUT2D eigenvalue weighted by Crippen LogP contribution is -2.29. The highest BCUT2D eigenvalue weighted by atomic mass is 16.5. The number of hydrogen-bond acceptors (Lipinski definition) is 6. The Kier molecular flexibility index (Phi) is 4.72. The van der Waals surface area contributed by atoms with Gasteiger partial charge in [-0.15, -0.1) is 0 Å². The summed E-state index contributed by atoms with van der Waals surface area (Å²) in [7, 11) is 0. The average molecular weight is 379 g/mol. The molecule has 0 aliphatic heterocycles. The van der Waals surface area contributed by atoms with Crippen molar-refractivity contribution in [1.29, 1.82) is 0 Å². The van der Waals surface area contributed by atoms with E-state index in [1.807, 2.05) is 13.0 Å². The second kappa shape index (κ2) is 7.48. The minimum absolute atomic E-state index is 0.0683. The average Bonchev–Trinajstić information content (AvgIpc) is 3.40. The summed E-state index contributed by atoms with van der Waals surface area (Å²) >= 11 is 0. The number of amides is 1. The number of fused-ring (bicyclic) bond motifs is 1. The SMILES string of the molecule is Cc1ccc2oc(-c3ccco3)c(OCC(=O)NCc3ccco3)c(=O)c2c1. The van der Waals surface area contributed by atoms with Gasteiger partial charge in [0, 0.05) is 0 Å². The van der Waals surface area contributed by atoms with Gasteiger partial charge in [-0.2, -0.15) is 0 Å². The van der Waals surface area contributed by atoms with E-state index < -0.39 is 5.91 Å². The molecule has 4 aromatic rings. The van der Waals surface area contributed by atoms with Gasteiger partial charge in [0.15, 0.2) is 12.4 Å². The summed E-state index contributed by atoms with van der Waals surface area (Å²) in [5, 5.41) is 3.04. The van der Waals surface area contributed by atoms with Gasteiger partial charge in [0.2, 0.25) is 16.9 Å². The molecular weight excluding hydrogens is 362 g/mol. The van der Waals surface area contributed by atoms with Crippen LogP contribution in [0.25, 0.3) is 22.5 Å². The highest BCUT2D eigenvalue weighted by Gasteiger charge is 2.20. The van der Waals surface area contributed by atoms with Crippen molar-refractivity contribution in [2.24, 2.45) is 0 Å². The van der Waals surface area contributed by atoms with Crippen LogP contribution in [0.2, 0.25) is 0 Å². The summed E-state index contributed by atoms with van der Waals surface area (Å²) in [5.41, 5.74) is 0.958. The lowest BCUT2D eigenvalue weighted by Gasteiger charge is -2.10. The van der Waals surface area contributed by atoms with Gasteiger partial charge >= 0.3 is 0 Å². The Morgan fingerprint density at radius 2 is 1.93 bits per heavy atom. The molecule has 0 unspecified atom stereocenters. The molecule has 3 heterocycles. The molecule has 7 nitrogen and oxygen atoms in total. The Balaban J connectivity index is 1.62. The summed E-state index contributed by atoms with van der Waals surface area (Å²) in [5.74, 6) is 0.632. The van der Waals surface area contributed by atoms with Crippen molar-refractivity contribution in [1.82, 2.24) is 5.32 Å². The van der Waals surface area contributed by atoms with E-state index in [9.17, 15) is 9.59 Å². The molecule has 1 aromatic carbocycles. The fourth-order valence-corrected chi connectivity index (χ4v) is 2.78. The lowest BCUT2D eigenvalue weighted by molar-refractivity contribution is -0.123. The Labute approximate surface area is 159 Å². The Hall–Kier alpha value is -3.74. The molecule has 142 valence electrons. The number of nitrogens with one attached hydrogen (secondary N) is 1. The van der Waals surface area contributed by atoms with Crippen LogP contribution in [-0.4, -0.2) is 12.5 Å². The quantitative estimate of drug-likeness (QED) is 0.549. The highest BCUT2D eigenvalue weighted by Crippen LogP contribution is 2.31. The van der Waals surface area contributed by atoms with Crippen LogP contribution >= 0.6 is 0 Å². The fraction of sp³-hybridized carbons (Fsp3) is 0.143. The van der Waals surface area contributed by atoms with Crippen LogP contribution in [0.1, 0.15) is 11.3 Å². The standard InChI is InChI=1S/C21H17NO6/c1-13-6-7-16-15(10-13)19(24)21(20(28-16)17-5-3-9-26-17)27-12-18(23)22-11-14-4-2-8-25-14/h2-10H,11-12H2,1H3,(H,22,23). The van der Waals surface area contributed by atoms with E-state index in [0.29, 0.717) is 22.5 Å². The normalized spacial score (nSPS) is 10.9. The first-order chi connectivity index (χ1) is 13.6. The topological polar surface area (TPSA) is 94.8 Å². The molecule has 1 N–H and O–H groups in total. The van der Waals surface area contributed by atoms with Gasteiger partial charge < -0.3 is 23.3 Å². The van der Waals surface area contributed by atoms with Crippen LogP contribution in [0, 0.1) is 6.92 Å². The Morgan fingerprint density at radius 1 is 1.11 bits per heavy atom. The zero-order chi connectivity index (χ0) is 19.5. The van der Waals surface area contributed by atoms with Crippen LogP contribution in [0.15, 0.2) is 73.0 Å². The summed E-state index contributed by atoms with van der Waals surface area (Å²) in [4.78, 5) is 25.1. The first kappa shape index (κ1) is 17.7. The molecule has 0 atom stereocenters. The fourth-order valence-electron chi connectivity index (χ4n) is 2.78. The van der Waals surface area contributed by atoms with Crippen LogP contribution in [0.5, 0.6) is 5.75 Å². The van der Waals surface area contributed by atoms with Gasteiger partial charge in [0.1, 0.15) is 11.3 Å². The van der Waals surface area contributed by atoms with Gasteiger partial charge in [-0.3, -0.25) is 9.59 Å². The molecule has 28 heavy (non-hydrogen) atoms. The molecule has 0 fully saturated rings. The van der Waals surface area contributed by atoms with E-state index in [0.717, 1.165) is 5.56 Å². The minimum atomic E-state index is -0.398. The van der Waals surface area contributed by atoms with E-state index >= 15 is 0 Å². The van der Waals surface area contributed by atoms with Crippen LogP contribution in [-0.2, 0) is 11.3 Å². The van der Waals surface area contributed by atoms with Crippen molar-refractivity contribution < 1.29 is 22.8 Å². The molecule has 0 saturated carbocycles. The second-order valence-electron chi connectivity index (χ2n) is 6.21. The van der Waals surface area contributed by atoms with Crippen molar-refractivity contribution in [2.45, 2.75) is 13.5 Å². The van der Waals surface area contributed by atoms with Gasteiger partial charge in [0.25, 0.3) is 5.91 Å². The van der Waals surface area contributed by atoms with Crippen molar-refractivity contribution >= 4 is 16.9 Å². The zero-order valence-corrected chi connectivity index (χ0v) is 15.1. The number of furan rings is 2. The molecule has 0 spiro atoms. The predicted molar refractivity (Wildman–Crippen MR) is 101 cm³/mol. The van der Waals surface area contributed by atoms with Gasteiger partial charge in [-0.25, -0.2) is 0 Å². The van der Waals surface area contributed by atoms with E-state index in [2.05, 4.69) is 5.32 Å². The predicted octanol–water partition coefficient (Wildman–Crippen LogP) is 3.65. The largest absolute Gasteiger partial charge is 0.476 e. The summed E-state index contributed by atoms with van der Waals surface area (Å²) < 4.78 is 21.9. The van der Waals surface area contributed by atoms with Gasteiger partial charge in [-0.1, -0.05) is 11.6 Å². The van der Waals surface area contributed by atoms with E-state index in [-0.39, 0.29) is 30.1 Å². The third kappa shape index (κ3) is 3.55. The zero-order valence-electron chi connectivity index (χ0n) is 15.1. The van der Waals surface area contributed by atoms with Crippen molar-refractivity contribution in [2.75, 3.05) is 6.61 Å². The molecule has 1 amide bonds. The van der Waals surface area contributed by atoms with E-state index in [1.54, 1.807) is 36.4 Å². The molecule has 7 heteroatoms. The third-order valence-corrected chi connectivity index (χ3v) is 4.14. The number of hydrogen-bond donors (Lipinski definition) is 1. The summed E-state index contributed by atoms with van der Waals surface area (Å²) in [6, 6.07) is 12.1. The minimum Gasteiger partial charge on any atom is -0.476 e. The maximum absolute atomic E-state index is 13.0. The van der Waals surface area contributed by atoms with E-state index in [1.165, 1.54) is 12.5 Å². The maximum Gasteiger partial charge on any atom is 0.258 e. The first-order valence-electron chi connectivity index (χ1n) is 8.65. The van der Waals surface area contributed by atoms with E-state index in [4.69, 9.17) is 18.0 Å². The monoisotopic (exact) mass is 379 g/mol. The van der Waals surface area contributed by atoms with Crippen LogP contribution < -0.4 is 15.5 Å². The molecule has 3 aromatic heterocycles. The van der Waals surface area contributed by atoms with Crippen molar-refractivity contribution in [3.8, 4) is 17.3 Å². The molecule has 0 bridgehead atoms. The number of ether oxygens (including phenoxy) is 1. The number of carbonyl (C=O) groups excluding carboxylic acids is 1. The van der Waals surface area contributed by atoms with Crippen LogP contribution in [0.3, 0.4) is 0 Å². The molecule has 0 aliphatic carbocycles. The molecular formula is C21H17NO6. The smallest absolute Gasteiger partial charge is 0.258 e. The number of rotatable bonds is 6. The highest BCUT2D eigenvalue weighted by molar-refractivity contribution is 5.82. The van der Waals surface area contributed by atoms with Crippen molar-refractivity contribution in [3.05, 3.63) is 76.5 Å². The summed E-state index contributed by atoms with van der Waals surface area (Å²) in [6.07, 6.45) is 2.99. The molecule has 0 aliphatic rings.